The molecule has 2 N–H and O–H groups in total. The summed E-state index contributed by atoms with van der Waals surface area (Å²) in [6.45, 7) is 5.27. The van der Waals surface area contributed by atoms with Crippen molar-refractivity contribution in [1.82, 2.24) is 10.6 Å². The standard InChI is InChI=1S/C19H26N2O3S/c1-2-18(22)20-11-15(13-6-4-3-5-7-13)21-19(23)17-10-14-12-24-9-8-16(14)25-17/h2,10,13,15H,1,3-9,11-12H2,(H,20,22)(H,21,23). The SMILES string of the molecule is C=CC(=O)NCC(NC(=O)c1cc2c(s1)CCOC2)C1CCCCC1. The molecule has 2 heterocycles. The zero-order valence-electron chi connectivity index (χ0n) is 14.5. The lowest BCUT2D eigenvalue weighted by Gasteiger charge is -2.31. The van der Waals surface area contributed by atoms with E-state index in [1.807, 2.05) is 6.07 Å². The Bertz CT molecular complexity index is 611. The molecule has 1 aromatic rings. The Balaban J connectivity index is 1.67. The molecule has 1 saturated carbocycles. The van der Waals surface area contributed by atoms with Crippen LogP contribution in [-0.4, -0.2) is 31.0 Å². The number of hydrogen-bond donors (Lipinski definition) is 2. The molecule has 25 heavy (non-hydrogen) atoms. The molecule has 1 aromatic heterocycles. The Morgan fingerprint density at radius 2 is 2.16 bits per heavy atom. The highest BCUT2D eigenvalue weighted by Gasteiger charge is 2.27. The molecule has 3 rings (SSSR count). The fourth-order valence-electron chi connectivity index (χ4n) is 3.65. The van der Waals surface area contributed by atoms with Crippen LogP contribution in [0.3, 0.4) is 0 Å². The number of hydrogen-bond acceptors (Lipinski definition) is 4. The molecule has 6 heteroatoms. The molecule has 1 fully saturated rings. The molecule has 1 aliphatic heterocycles. The van der Waals surface area contributed by atoms with Crippen molar-refractivity contribution in [2.24, 2.45) is 5.92 Å². The summed E-state index contributed by atoms with van der Waals surface area (Å²) in [5.41, 5.74) is 1.13. The molecular formula is C19H26N2O3S. The van der Waals surface area contributed by atoms with Gasteiger partial charge in [0.05, 0.1) is 18.1 Å². The highest BCUT2D eigenvalue weighted by molar-refractivity contribution is 7.14. The molecule has 0 saturated heterocycles. The molecule has 1 aliphatic carbocycles. The summed E-state index contributed by atoms with van der Waals surface area (Å²) in [5.74, 6) is 0.183. The van der Waals surface area contributed by atoms with Gasteiger partial charge in [0.2, 0.25) is 5.91 Å². The number of carbonyl (C=O) groups is 2. The van der Waals surface area contributed by atoms with E-state index in [2.05, 4.69) is 17.2 Å². The molecule has 0 spiro atoms. The van der Waals surface area contributed by atoms with E-state index >= 15 is 0 Å². The van der Waals surface area contributed by atoms with Crippen molar-refractivity contribution < 1.29 is 14.3 Å². The van der Waals surface area contributed by atoms with E-state index in [0.29, 0.717) is 19.1 Å². The second kappa shape index (κ2) is 8.63. The van der Waals surface area contributed by atoms with Crippen LogP contribution in [0, 0.1) is 5.92 Å². The molecule has 2 aliphatic rings. The first-order valence-electron chi connectivity index (χ1n) is 9.08. The highest BCUT2D eigenvalue weighted by atomic mass is 32.1. The number of nitrogens with one attached hydrogen (secondary N) is 2. The zero-order chi connectivity index (χ0) is 17.6. The van der Waals surface area contributed by atoms with Crippen LogP contribution in [0.5, 0.6) is 0 Å². The van der Waals surface area contributed by atoms with E-state index in [9.17, 15) is 9.59 Å². The van der Waals surface area contributed by atoms with Crippen molar-refractivity contribution in [3.63, 3.8) is 0 Å². The van der Waals surface area contributed by atoms with E-state index in [1.165, 1.54) is 30.2 Å². The van der Waals surface area contributed by atoms with Gasteiger partial charge in [0.25, 0.3) is 5.91 Å². The molecule has 136 valence electrons. The average Bonchev–Trinajstić information content (AvgIpc) is 3.09. The number of rotatable bonds is 6. The maximum absolute atomic E-state index is 12.8. The van der Waals surface area contributed by atoms with E-state index in [4.69, 9.17) is 4.74 Å². The molecular weight excluding hydrogens is 336 g/mol. The third kappa shape index (κ3) is 4.70. The van der Waals surface area contributed by atoms with Crippen molar-refractivity contribution >= 4 is 23.2 Å². The van der Waals surface area contributed by atoms with E-state index in [1.54, 1.807) is 11.3 Å². The van der Waals surface area contributed by atoms with Gasteiger partial charge in [0.1, 0.15) is 0 Å². The summed E-state index contributed by atoms with van der Waals surface area (Å²) in [4.78, 5) is 26.3. The van der Waals surface area contributed by atoms with Crippen LogP contribution < -0.4 is 10.6 Å². The average molecular weight is 362 g/mol. The van der Waals surface area contributed by atoms with E-state index in [0.717, 1.165) is 36.3 Å². The lowest BCUT2D eigenvalue weighted by Crippen LogP contribution is -2.48. The fraction of sp³-hybridized carbons (Fsp3) is 0.579. The number of carbonyl (C=O) groups excluding carboxylic acids is 2. The Hall–Kier alpha value is -1.66. The summed E-state index contributed by atoms with van der Waals surface area (Å²) >= 11 is 1.57. The minimum atomic E-state index is -0.196. The number of amides is 2. The van der Waals surface area contributed by atoms with Crippen LogP contribution in [0.1, 0.15) is 52.2 Å². The van der Waals surface area contributed by atoms with Gasteiger partial charge in [-0.25, -0.2) is 0 Å². The topological polar surface area (TPSA) is 67.4 Å². The van der Waals surface area contributed by atoms with Crippen molar-refractivity contribution in [2.45, 2.75) is 51.2 Å². The summed E-state index contributed by atoms with van der Waals surface area (Å²) < 4.78 is 5.46. The monoisotopic (exact) mass is 362 g/mol. The normalized spacial score (nSPS) is 18.9. The van der Waals surface area contributed by atoms with Crippen LogP contribution in [-0.2, 0) is 22.6 Å². The minimum absolute atomic E-state index is 0.0351. The summed E-state index contributed by atoms with van der Waals surface area (Å²) in [7, 11) is 0. The van der Waals surface area contributed by atoms with Crippen LogP contribution in [0.25, 0.3) is 0 Å². The molecule has 0 bridgehead atoms. The summed E-state index contributed by atoms with van der Waals surface area (Å²) in [6.07, 6.45) is 8.00. The van der Waals surface area contributed by atoms with Gasteiger partial charge in [-0.2, -0.15) is 0 Å². The highest BCUT2D eigenvalue weighted by Crippen LogP contribution is 2.29. The Labute approximate surface area is 152 Å². The molecule has 1 unspecified atom stereocenters. The molecule has 5 nitrogen and oxygen atoms in total. The summed E-state index contributed by atoms with van der Waals surface area (Å²) in [5, 5.41) is 6.02. The molecule has 0 radical (unpaired) electrons. The van der Waals surface area contributed by atoms with Gasteiger partial charge < -0.3 is 15.4 Å². The second-order valence-electron chi connectivity index (χ2n) is 6.79. The number of ether oxygens (including phenoxy) is 1. The van der Waals surface area contributed by atoms with Gasteiger partial charge in [0.15, 0.2) is 0 Å². The van der Waals surface area contributed by atoms with Gasteiger partial charge in [-0.3, -0.25) is 9.59 Å². The second-order valence-corrected chi connectivity index (χ2v) is 7.93. The Kier molecular flexibility index (Phi) is 6.26. The predicted molar refractivity (Wildman–Crippen MR) is 98.7 cm³/mol. The van der Waals surface area contributed by atoms with Crippen LogP contribution in [0.2, 0.25) is 0 Å². The lowest BCUT2D eigenvalue weighted by molar-refractivity contribution is -0.116. The van der Waals surface area contributed by atoms with E-state index < -0.39 is 0 Å². The predicted octanol–water partition coefficient (Wildman–Crippen LogP) is 2.80. The van der Waals surface area contributed by atoms with Crippen molar-refractivity contribution in [3.8, 4) is 0 Å². The number of thiophene rings is 1. The third-order valence-electron chi connectivity index (χ3n) is 5.07. The summed E-state index contributed by atoms with van der Waals surface area (Å²) in [6, 6.07) is 1.92. The molecule has 0 aromatic carbocycles. The van der Waals surface area contributed by atoms with Gasteiger partial charge in [-0.05, 0) is 36.5 Å². The first-order chi connectivity index (χ1) is 12.2. The van der Waals surface area contributed by atoms with Crippen molar-refractivity contribution in [1.29, 1.82) is 0 Å². The van der Waals surface area contributed by atoms with Gasteiger partial charge >= 0.3 is 0 Å². The maximum Gasteiger partial charge on any atom is 0.261 e. The Morgan fingerprint density at radius 3 is 2.88 bits per heavy atom. The largest absolute Gasteiger partial charge is 0.376 e. The number of fused-ring (bicyclic) bond motifs is 1. The fourth-order valence-corrected chi connectivity index (χ4v) is 4.71. The van der Waals surface area contributed by atoms with Crippen LogP contribution in [0.15, 0.2) is 18.7 Å². The van der Waals surface area contributed by atoms with Crippen molar-refractivity contribution in [2.75, 3.05) is 13.2 Å². The molecule has 2 amide bonds. The van der Waals surface area contributed by atoms with Crippen LogP contribution in [0.4, 0.5) is 0 Å². The van der Waals surface area contributed by atoms with Crippen LogP contribution >= 0.6 is 11.3 Å². The maximum atomic E-state index is 12.8. The lowest BCUT2D eigenvalue weighted by atomic mass is 9.83. The Morgan fingerprint density at radius 1 is 1.36 bits per heavy atom. The van der Waals surface area contributed by atoms with Gasteiger partial charge in [0, 0.05) is 23.9 Å². The first-order valence-corrected chi connectivity index (χ1v) is 9.89. The van der Waals surface area contributed by atoms with E-state index in [-0.39, 0.29) is 17.9 Å². The van der Waals surface area contributed by atoms with Gasteiger partial charge in [-0.15, -0.1) is 11.3 Å². The van der Waals surface area contributed by atoms with Gasteiger partial charge in [-0.1, -0.05) is 25.8 Å². The van der Waals surface area contributed by atoms with Crippen molar-refractivity contribution in [3.05, 3.63) is 34.0 Å². The third-order valence-corrected chi connectivity index (χ3v) is 6.30. The smallest absolute Gasteiger partial charge is 0.261 e. The first kappa shape index (κ1) is 18.1. The zero-order valence-corrected chi connectivity index (χ0v) is 15.3. The minimum Gasteiger partial charge on any atom is -0.376 e. The quantitative estimate of drug-likeness (QED) is 0.765. The molecule has 1 atom stereocenters.